The van der Waals surface area contributed by atoms with Crippen molar-refractivity contribution in [2.45, 2.75) is 31.0 Å². The quantitative estimate of drug-likeness (QED) is 0.615. The number of benzene rings is 1. The first-order valence-corrected chi connectivity index (χ1v) is 6.95. The zero-order valence-corrected chi connectivity index (χ0v) is 11.6. The zero-order valence-electron chi connectivity index (χ0n) is 9.97. The van der Waals surface area contributed by atoms with Crippen molar-refractivity contribution in [1.29, 1.82) is 0 Å². The molecule has 2 rings (SSSR count). The van der Waals surface area contributed by atoms with Crippen molar-refractivity contribution in [3.05, 3.63) is 35.4 Å². The molecule has 0 saturated heterocycles. The molecule has 0 unspecified atom stereocenters. The fraction of sp³-hybridized carbons (Fsp3) is 0.462. The summed E-state index contributed by atoms with van der Waals surface area (Å²) in [6.07, 6.45) is -2.15. The Bertz CT molecular complexity index is 464. The standard InChI is InChI=1S/C13H12BrF3O2/c14-8-11(18)19-12(6-1-7-12)9-2-4-10(5-3-9)13(15,16)17/h2-5H,1,6-8H2. The topological polar surface area (TPSA) is 26.3 Å². The molecule has 0 N–H and O–H groups in total. The van der Waals surface area contributed by atoms with Gasteiger partial charge in [-0.25, -0.2) is 0 Å². The minimum atomic E-state index is -4.35. The van der Waals surface area contributed by atoms with Crippen molar-refractivity contribution in [3.8, 4) is 0 Å². The number of ether oxygens (including phenoxy) is 1. The Morgan fingerprint density at radius 3 is 2.21 bits per heavy atom. The van der Waals surface area contributed by atoms with E-state index in [9.17, 15) is 18.0 Å². The molecule has 6 heteroatoms. The molecule has 1 aromatic carbocycles. The maximum atomic E-state index is 12.5. The molecular weight excluding hydrogens is 325 g/mol. The van der Waals surface area contributed by atoms with Crippen LogP contribution in [0.25, 0.3) is 0 Å². The summed E-state index contributed by atoms with van der Waals surface area (Å²) >= 11 is 3.01. The van der Waals surface area contributed by atoms with Gasteiger partial charge in [-0.2, -0.15) is 13.2 Å². The number of carbonyl (C=O) groups is 1. The van der Waals surface area contributed by atoms with Gasteiger partial charge >= 0.3 is 12.1 Å². The van der Waals surface area contributed by atoms with Gasteiger partial charge in [0.2, 0.25) is 0 Å². The molecule has 0 aromatic heterocycles. The first kappa shape index (κ1) is 14.4. The van der Waals surface area contributed by atoms with Crippen LogP contribution in [0.3, 0.4) is 0 Å². The van der Waals surface area contributed by atoms with Crippen molar-refractivity contribution in [2.75, 3.05) is 5.33 Å². The molecule has 1 aliphatic carbocycles. The van der Waals surface area contributed by atoms with Crippen LogP contribution in [-0.2, 0) is 21.3 Å². The highest BCUT2D eigenvalue weighted by molar-refractivity contribution is 9.09. The molecule has 1 saturated carbocycles. The van der Waals surface area contributed by atoms with Gasteiger partial charge in [0, 0.05) is 0 Å². The van der Waals surface area contributed by atoms with E-state index in [4.69, 9.17) is 4.74 Å². The Kier molecular flexibility index (Phi) is 3.90. The van der Waals surface area contributed by atoms with E-state index in [0.717, 1.165) is 18.6 Å². The molecule has 104 valence electrons. The molecule has 2 nitrogen and oxygen atoms in total. The van der Waals surface area contributed by atoms with Crippen LogP contribution in [-0.4, -0.2) is 11.3 Å². The zero-order chi connectivity index (χ0) is 14.1. The molecule has 19 heavy (non-hydrogen) atoms. The summed E-state index contributed by atoms with van der Waals surface area (Å²) in [5.41, 5.74) is -0.812. The summed E-state index contributed by atoms with van der Waals surface area (Å²) < 4.78 is 42.8. The minimum absolute atomic E-state index is 0.0788. The Morgan fingerprint density at radius 1 is 1.26 bits per heavy atom. The highest BCUT2D eigenvalue weighted by Gasteiger charge is 2.42. The van der Waals surface area contributed by atoms with Crippen LogP contribution in [0.15, 0.2) is 24.3 Å². The van der Waals surface area contributed by atoms with Crippen LogP contribution in [0.4, 0.5) is 13.2 Å². The lowest BCUT2D eigenvalue weighted by atomic mass is 9.74. The third-order valence-corrected chi connectivity index (χ3v) is 3.78. The van der Waals surface area contributed by atoms with Crippen LogP contribution < -0.4 is 0 Å². The lowest BCUT2D eigenvalue weighted by molar-refractivity contribution is -0.168. The lowest BCUT2D eigenvalue weighted by Gasteiger charge is -2.41. The SMILES string of the molecule is O=C(CBr)OC1(c2ccc(C(F)(F)F)cc2)CCC1. The normalized spacial score (nSPS) is 17.7. The van der Waals surface area contributed by atoms with E-state index in [1.54, 1.807) is 0 Å². The summed E-state index contributed by atoms with van der Waals surface area (Å²) in [7, 11) is 0. The Labute approximate surface area is 117 Å². The van der Waals surface area contributed by atoms with Crippen molar-refractivity contribution in [1.82, 2.24) is 0 Å². The van der Waals surface area contributed by atoms with Crippen molar-refractivity contribution < 1.29 is 22.7 Å². The van der Waals surface area contributed by atoms with Crippen LogP contribution in [0, 0.1) is 0 Å². The van der Waals surface area contributed by atoms with E-state index in [1.807, 2.05) is 0 Å². The van der Waals surface area contributed by atoms with Gasteiger partial charge in [0.25, 0.3) is 0 Å². The summed E-state index contributed by atoms with van der Waals surface area (Å²) in [4.78, 5) is 11.4. The van der Waals surface area contributed by atoms with Crippen LogP contribution in [0.1, 0.15) is 30.4 Å². The van der Waals surface area contributed by atoms with Crippen molar-refractivity contribution in [3.63, 3.8) is 0 Å². The average molecular weight is 337 g/mol. The molecule has 0 aliphatic heterocycles. The van der Waals surface area contributed by atoms with Crippen molar-refractivity contribution in [2.24, 2.45) is 0 Å². The predicted molar refractivity (Wildman–Crippen MR) is 66.9 cm³/mol. The molecule has 0 spiro atoms. The number of hydrogen-bond donors (Lipinski definition) is 0. The number of alkyl halides is 4. The van der Waals surface area contributed by atoms with Crippen LogP contribution in [0.2, 0.25) is 0 Å². The van der Waals surface area contributed by atoms with Crippen LogP contribution >= 0.6 is 15.9 Å². The van der Waals surface area contributed by atoms with Gasteiger partial charge in [0.05, 0.1) is 5.56 Å². The van der Waals surface area contributed by atoms with E-state index in [1.165, 1.54) is 12.1 Å². The number of hydrogen-bond acceptors (Lipinski definition) is 2. The average Bonchev–Trinajstić information content (AvgIpc) is 2.32. The Hall–Kier alpha value is -1.04. The van der Waals surface area contributed by atoms with Gasteiger partial charge in [0.1, 0.15) is 10.9 Å². The molecule has 1 fully saturated rings. The van der Waals surface area contributed by atoms with E-state index >= 15 is 0 Å². The van der Waals surface area contributed by atoms with Gasteiger partial charge in [-0.3, -0.25) is 4.79 Å². The van der Waals surface area contributed by atoms with Gasteiger partial charge in [-0.05, 0) is 37.0 Å². The van der Waals surface area contributed by atoms with Crippen LogP contribution in [0.5, 0.6) is 0 Å². The molecular formula is C13H12BrF3O2. The third-order valence-electron chi connectivity index (χ3n) is 3.32. The maximum absolute atomic E-state index is 12.5. The van der Waals surface area contributed by atoms with Crippen molar-refractivity contribution >= 4 is 21.9 Å². The molecule has 0 radical (unpaired) electrons. The molecule has 0 heterocycles. The smallest absolute Gasteiger partial charge is 0.416 e. The van der Waals surface area contributed by atoms with Gasteiger partial charge < -0.3 is 4.74 Å². The largest absolute Gasteiger partial charge is 0.454 e. The third kappa shape index (κ3) is 2.94. The molecule has 0 bridgehead atoms. The summed E-state index contributed by atoms with van der Waals surface area (Å²) in [6.45, 7) is 0. The van der Waals surface area contributed by atoms with E-state index < -0.39 is 23.3 Å². The fourth-order valence-electron chi connectivity index (χ4n) is 2.16. The summed E-state index contributed by atoms with van der Waals surface area (Å²) in [5, 5.41) is 0.0788. The second-order valence-electron chi connectivity index (χ2n) is 4.53. The van der Waals surface area contributed by atoms with Gasteiger partial charge in [-0.15, -0.1) is 0 Å². The highest BCUT2D eigenvalue weighted by Crippen LogP contribution is 2.45. The molecule has 0 atom stereocenters. The Balaban J connectivity index is 2.22. The second-order valence-corrected chi connectivity index (χ2v) is 5.09. The molecule has 1 aromatic rings. The first-order chi connectivity index (χ1) is 8.87. The number of rotatable bonds is 3. The number of halogens is 4. The highest BCUT2D eigenvalue weighted by atomic mass is 79.9. The van der Waals surface area contributed by atoms with E-state index in [2.05, 4.69) is 15.9 Å². The summed E-state index contributed by atoms with van der Waals surface area (Å²) in [6, 6.07) is 4.84. The van der Waals surface area contributed by atoms with Gasteiger partial charge in [0.15, 0.2) is 0 Å². The second kappa shape index (κ2) is 5.15. The van der Waals surface area contributed by atoms with E-state index in [-0.39, 0.29) is 5.33 Å². The lowest BCUT2D eigenvalue weighted by Crippen LogP contribution is -2.39. The fourth-order valence-corrected chi connectivity index (χ4v) is 2.27. The summed E-state index contributed by atoms with van der Waals surface area (Å²) in [5.74, 6) is -0.403. The van der Waals surface area contributed by atoms with E-state index in [0.29, 0.717) is 18.4 Å². The molecule has 0 amide bonds. The monoisotopic (exact) mass is 336 g/mol. The number of esters is 1. The van der Waals surface area contributed by atoms with Gasteiger partial charge in [-0.1, -0.05) is 28.1 Å². The first-order valence-electron chi connectivity index (χ1n) is 5.83. The predicted octanol–water partition coefficient (Wildman–Crippen LogP) is 4.02. The maximum Gasteiger partial charge on any atom is 0.416 e. The Morgan fingerprint density at radius 2 is 1.84 bits per heavy atom. The minimum Gasteiger partial charge on any atom is -0.454 e. The molecule has 1 aliphatic rings. The number of carbonyl (C=O) groups excluding carboxylic acids is 1.